The van der Waals surface area contributed by atoms with Crippen molar-refractivity contribution >= 4 is 46.6 Å². The average molecular weight is 441 g/mol. The van der Waals surface area contributed by atoms with Crippen molar-refractivity contribution in [2.24, 2.45) is 0 Å². The highest BCUT2D eigenvalue weighted by Crippen LogP contribution is 2.24. The number of hydrogen-bond donors (Lipinski definition) is 2. The van der Waals surface area contributed by atoms with Crippen LogP contribution >= 0.6 is 23.4 Å². The van der Waals surface area contributed by atoms with E-state index in [0.717, 1.165) is 10.6 Å². The van der Waals surface area contributed by atoms with Gasteiger partial charge in [0, 0.05) is 21.8 Å². The number of rotatable bonds is 7. The predicted octanol–water partition coefficient (Wildman–Crippen LogP) is 5.97. The third-order valence-corrected chi connectivity index (χ3v) is 5.30. The zero-order valence-corrected chi connectivity index (χ0v) is 18.1. The third kappa shape index (κ3) is 5.55. The smallest absolute Gasteiger partial charge is 0.257 e. The first-order valence-corrected chi connectivity index (χ1v) is 10.9. The maximum atomic E-state index is 12.5. The monoisotopic (exact) mass is 440 g/mol. The Balaban J connectivity index is 1.64. The zero-order chi connectivity index (χ0) is 21.5. The molecule has 0 saturated carbocycles. The van der Waals surface area contributed by atoms with Gasteiger partial charge in [-0.25, -0.2) is 0 Å². The first kappa shape index (κ1) is 21.7. The molecule has 2 amide bonds. The number of nitrogens with one attached hydrogen (secondary N) is 2. The van der Waals surface area contributed by atoms with Gasteiger partial charge < -0.3 is 15.4 Å². The van der Waals surface area contributed by atoms with Gasteiger partial charge >= 0.3 is 0 Å². The predicted molar refractivity (Wildman–Crippen MR) is 123 cm³/mol. The lowest BCUT2D eigenvalue weighted by atomic mass is 10.1. The lowest BCUT2D eigenvalue weighted by molar-refractivity contribution is 0.102. The Bertz CT molecular complexity index is 1040. The van der Waals surface area contributed by atoms with Gasteiger partial charge in [0.15, 0.2) is 0 Å². The van der Waals surface area contributed by atoms with E-state index >= 15 is 0 Å². The second-order valence-corrected chi connectivity index (χ2v) is 7.58. The Morgan fingerprint density at radius 3 is 2.10 bits per heavy atom. The fourth-order valence-corrected chi connectivity index (χ4v) is 3.36. The van der Waals surface area contributed by atoms with E-state index in [1.54, 1.807) is 60.7 Å². The summed E-state index contributed by atoms with van der Waals surface area (Å²) in [7, 11) is 0. The maximum absolute atomic E-state index is 12.5. The minimum atomic E-state index is -0.303. The van der Waals surface area contributed by atoms with Crippen LogP contribution in [-0.2, 0) is 0 Å². The van der Waals surface area contributed by atoms with E-state index in [1.165, 1.54) is 11.8 Å². The van der Waals surface area contributed by atoms with E-state index < -0.39 is 0 Å². The summed E-state index contributed by atoms with van der Waals surface area (Å²) >= 11 is 7.69. The van der Waals surface area contributed by atoms with Crippen LogP contribution in [0.1, 0.15) is 27.6 Å². The van der Waals surface area contributed by atoms with Crippen LogP contribution in [0.2, 0.25) is 5.02 Å². The fraction of sp³-hybridized carbons (Fsp3) is 0.130. The highest BCUT2D eigenvalue weighted by molar-refractivity contribution is 7.98. The quantitative estimate of drug-likeness (QED) is 0.444. The number of carbonyl (C=O) groups is 2. The first-order valence-electron chi connectivity index (χ1n) is 9.29. The molecule has 0 radical (unpaired) electrons. The lowest BCUT2D eigenvalue weighted by Crippen LogP contribution is -2.14. The zero-order valence-electron chi connectivity index (χ0n) is 16.6. The van der Waals surface area contributed by atoms with Crippen molar-refractivity contribution in [1.82, 2.24) is 0 Å². The third-order valence-electron chi connectivity index (χ3n) is 4.25. The Kier molecular flexibility index (Phi) is 7.38. The number of halogens is 1. The summed E-state index contributed by atoms with van der Waals surface area (Å²) in [6.45, 7) is 2.50. The maximum Gasteiger partial charge on any atom is 0.257 e. The number of benzene rings is 3. The van der Waals surface area contributed by atoms with Gasteiger partial charge in [0.2, 0.25) is 0 Å². The topological polar surface area (TPSA) is 67.4 Å². The number of anilines is 2. The number of carbonyl (C=O) groups excluding carboxylic acids is 2. The van der Waals surface area contributed by atoms with Crippen LogP contribution in [0.15, 0.2) is 71.6 Å². The van der Waals surface area contributed by atoms with E-state index in [-0.39, 0.29) is 11.8 Å². The van der Waals surface area contributed by atoms with Gasteiger partial charge in [-0.15, -0.1) is 11.8 Å². The van der Waals surface area contributed by atoms with Crippen molar-refractivity contribution in [1.29, 1.82) is 0 Å². The molecule has 7 heteroatoms. The van der Waals surface area contributed by atoms with Crippen LogP contribution in [0, 0.1) is 0 Å². The van der Waals surface area contributed by atoms with Crippen molar-refractivity contribution in [2.75, 3.05) is 23.5 Å². The van der Waals surface area contributed by atoms with Crippen molar-refractivity contribution in [2.45, 2.75) is 11.8 Å². The Morgan fingerprint density at radius 2 is 1.50 bits per heavy atom. The summed E-state index contributed by atoms with van der Waals surface area (Å²) in [5.74, 6) is 0.203. The molecule has 2 N–H and O–H groups in total. The highest BCUT2D eigenvalue weighted by atomic mass is 35.5. The molecule has 0 aliphatic rings. The van der Waals surface area contributed by atoms with Gasteiger partial charge in [0.05, 0.1) is 17.2 Å². The minimum Gasteiger partial charge on any atom is -0.494 e. The molecule has 0 aliphatic heterocycles. The summed E-state index contributed by atoms with van der Waals surface area (Å²) in [6.07, 6.45) is 1.93. The molecule has 0 bridgehead atoms. The van der Waals surface area contributed by atoms with E-state index in [2.05, 4.69) is 10.6 Å². The van der Waals surface area contributed by atoms with E-state index in [0.29, 0.717) is 34.1 Å². The van der Waals surface area contributed by atoms with E-state index in [1.807, 2.05) is 19.2 Å². The van der Waals surface area contributed by atoms with Crippen LogP contribution in [0.25, 0.3) is 0 Å². The molecule has 3 rings (SSSR count). The standard InChI is InChI=1S/C23H21ClN2O3S/c1-3-29-18-10-8-17(9-11-18)25-22(27)15-4-6-16(7-5-15)26-23(28)20-14-19(30-2)12-13-21(20)24/h4-14H,3H2,1-2H3,(H,25,27)(H,26,28). The van der Waals surface area contributed by atoms with Crippen LogP contribution in [0.5, 0.6) is 5.75 Å². The van der Waals surface area contributed by atoms with Crippen molar-refractivity contribution in [3.63, 3.8) is 0 Å². The van der Waals surface area contributed by atoms with E-state index in [9.17, 15) is 9.59 Å². The van der Waals surface area contributed by atoms with Gasteiger partial charge in [0.25, 0.3) is 11.8 Å². The SMILES string of the molecule is CCOc1ccc(NC(=O)c2ccc(NC(=O)c3cc(SC)ccc3Cl)cc2)cc1. The molecule has 3 aromatic rings. The van der Waals surface area contributed by atoms with Gasteiger partial charge in [-0.05, 0) is 79.9 Å². The molecule has 0 aromatic heterocycles. The summed E-state index contributed by atoms with van der Waals surface area (Å²) in [5, 5.41) is 6.02. The number of ether oxygens (including phenoxy) is 1. The Hall–Kier alpha value is -2.96. The van der Waals surface area contributed by atoms with Crippen LogP contribution < -0.4 is 15.4 Å². The second kappa shape index (κ2) is 10.2. The van der Waals surface area contributed by atoms with Crippen molar-refractivity contribution in [3.8, 4) is 5.75 Å². The van der Waals surface area contributed by atoms with Crippen molar-refractivity contribution in [3.05, 3.63) is 82.9 Å². The van der Waals surface area contributed by atoms with Crippen LogP contribution in [0.3, 0.4) is 0 Å². The lowest BCUT2D eigenvalue weighted by Gasteiger charge is -2.10. The molecular weight excluding hydrogens is 420 g/mol. The molecule has 0 spiro atoms. The molecule has 0 saturated heterocycles. The average Bonchev–Trinajstić information content (AvgIpc) is 2.76. The molecule has 3 aromatic carbocycles. The summed E-state index contributed by atoms with van der Waals surface area (Å²) in [6, 6.07) is 19.1. The largest absolute Gasteiger partial charge is 0.494 e. The Labute approximate surface area is 184 Å². The van der Waals surface area contributed by atoms with E-state index in [4.69, 9.17) is 16.3 Å². The van der Waals surface area contributed by atoms with Gasteiger partial charge in [-0.2, -0.15) is 0 Å². The molecule has 0 heterocycles. The fourth-order valence-electron chi connectivity index (χ4n) is 2.71. The van der Waals surface area contributed by atoms with Crippen LogP contribution in [0.4, 0.5) is 11.4 Å². The van der Waals surface area contributed by atoms with Gasteiger partial charge in [-0.1, -0.05) is 11.6 Å². The highest BCUT2D eigenvalue weighted by Gasteiger charge is 2.12. The molecule has 0 atom stereocenters. The van der Waals surface area contributed by atoms with Gasteiger partial charge in [0.1, 0.15) is 5.75 Å². The minimum absolute atomic E-state index is 0.243. The first-order chi connectivity index (χ1) is 14.5. The Morgan fingerprint density at radius 1 is 0.900 bits per heavy atom. The molecule has 154 valence electrons. The molecule has 0 aliphatic carbocycles. The molecule has 5 nitrogen and oxygen atoms in total. The summed E-state index contributed by atoms with van der Waals surface area (Å²) in [5.41, 5.74) is 2.12. The van der Waals surface area contributed by atoms with Gasteiger partial charge in [-0.3, -0.25) is 9.59 Å². The molecule has 0 fully saturated rings. The number of hydrogen-bond acceptors (Lipinski definition) is 4. The second-order valence-electron chi connectivity index (χ2n) is 6.29. The summed E-state index contributed by atoms with van der Waals surface area (Å²) < 4.78 is 5.39. The van der Waals surface area contributed by atoms with Crippen LogP contribution in [-0.4, -0.2) is 24.7 Å². The molecular formula is C23H21ClN2O3S. The van der Waals surface area contributed by atoms with Crippen molar-refractivity contribution < 1.29 is 14.3 Å². The molecule has 30 heavy (non-hydrogen) atoms. The number of amides is 2. The molecule has 0 unspecified atom stereocenters. The summed E-state index contributed by atoms with van der Waals surface area (Å²) in [4.78, 5) is 25.9. The number of thioether (sulfide) groups is 1. The normalized spacial score (nSPS) is 10.4.